The number of aliphatic imine (C=N–C) groups is 1. The summed E-state index contributed by atoms with van der Waals surface area (Å²) in [5.74, 6) is 1.99. The molecule has 3 rings (SSSR count). The molecule has 0 radical (unpaired) electrons. The zero-order chi connectivity index (χ0) is 19.6. The predicted molar refractivity (Wildman–Crippen MR) is 119 cm³/mol. The molecule has 28 heavy (non-hydrogen) atoms. The van der Waals surface area contributed by atoms with E-state index in [1.54, 1.807) is 0 Å². The summed E-state index contributed by atoms with van der Waals surface area (Å²) in [5, 5.41) is 6.85. The topological polar surface area (TPSA) is 56.7 Å². The number of para-hydroxylation sites is 1. The average molecular weight is 399 g/mol. The SMILES string of the molecule is CCNC(=NCCS(=O)Cc1ccccc1)NC1CCN(c2ccccc2)C1. The predicted octanol–water partition coefficient (Wildman–Crippen LogP) is 2.77. The van der Waals surface area contributed by atoms with Crippen LogP contribution in [0, 0.1) is 0 Å². The Morgan fingerprint density at radius 2 is 1.86 bits per heavy atom. The normalized spacial score (nSPS) is 18.1. The van der Waals surface area contributed by atoms with Gasteiger partial charge >= 0.3 is 0 Å². The van der Waals surface area contributed by atoms with Crippen LogP contribution in [0.5, 0.6) is 0 Å². The zero-order valence-electron chi connectivity index (χ0n) is 16.5. The lowest BCUT2D eigenvalue weighted by Gasteiger charge is -2.20. The van der Waals surface area contributed by atoms with Gasteiger partial charge in [0.05, 0.1) is 6.54 Å². The molecular formula is C22H30N4OS. The number of hydrogen-bond acceptors (Lipinski definition) is 3. The molecule has 1 aliphatic rings. The van der Waals surface area contributed by atoms with Crippen molar-refractivity contribution in [3.8, 4) is 0 Å². The third kappa shape index (κ3) is 6.37. The van der Waals surface area contributed by atoms with E-state index in [0.29, 0.717) is 24.1 Å². The lowest BCUT2D eigenvalue weighted by atomic mass is 10.2. The number of nitrogens with one attached hydrogen (secondary N) is 2. The van der Waals surface area contributed by atoms with Crippen molar-refractivity contribution in [3.05, 3.63) is 66.2 Å². The largest absolute Gasteiger partial charge is 0.369 e. The third-order valence-electron chi connectivity index (χ3n) is 4.75. The molecule has 1 aliphatic heterocycles. The fourth-order valence-electron chi connectivity index (χ4n) is 3.36. The first-order valence-corrected chi connectivity index (χ1v) is 11.5. The minimum Gasteiger partial charge on any atom is -0.369 e. The van der Waals surface area contributed by atoms with Gasteiger partial charge in [-0.2, -0.15) is 0 Å². The number of guanidine groups is 1. The Morgan fingerprint density at radius 3 is 2.57 bits per heavy atom. The first kappa shape index (κ1) is 20.4. The number of benzene rings is 2. The van der Waals surface area contributed by atoms with Crippen molar-refractivity contribution < 1.29 is 4.21 Å². The molecule has 1 fully saturated rings. The van der Waals surface area contributed by atoms with E-state index in [1.807, 2.05) is 36.4 Å². The highest BCUT2D eigenvalue weighted by atomic mass is 32.2. The smallest absolute Gasteiger partial charge is 0.191 e. The maximum absolute atomic E-state index is 12.3. The lowest BCUT2D eigenvalue weighted by Crippen LogP contribution is -2.44. The van der Waals surface area contributed by atoms with Crippen molar-refractivity contribution in [2.24, 2.45) is 4.99 Å². The fourth-order valence-corrected chi connectivity index (χ4v) is 4.36. The van der Waals surface area contributed by atoms with Crippen molar-refractivity contribution in [3.63, 3.8) is 0 Å². The number of rotatable bonds is 8. The average Bonchev–Trinajstić information content (AvgIpc) is 3.18. The Balaban J connectivity index is 1.47. The van der Waals surface area contributed by atoms with Crippen LogP contribution in [0.4, 0.5) is 5.69 Å². The minimum atomic E-state index is -0.897. The highest BCUT2D eigenvalue weighted by Crippen LogP contribution is 2.19. The molecule has 2 aromatic rings. The molecule has 2 N–H and O–H groups in total. The molecule has 2 aromatic carbocycles. The van der Waals surface area contributed by atoms with Crippen LogP contribution in [0.15, 0.2) is 65.7 Å². The van der Waals surface area contributed by atoms with Gasteiger partial charge in [0.2, 0.25) is 0 Å². The maximum Gasteiger partial charge on any atom is 0.191 e. The molecule has 0 amide bonds. The van der Waals surface area contributed by atoms with E-state index < -0.39 is 10.8 Å². The van der Waals surface area contributed by atoms with Crippen molar-refractivity contribution in [2.75, 3.05) is 36.8 Å². The van der Waals surface area contributed by atoms with Crippen LogP contribution >= 0.6 is 0 Å². The highest BCUT2D eigenvalue weighted by Gasteiger charge is 2.23. The first-order chi connectivity index (χ1) is 13.7. The maximum atomic E-state index is 12.3. The van der Waals surface area contributed by atoms with Crippen LogP contribution < -0.4 is 15.5 Å². The Bertz CT molecular complexity index is 767. The minimum absolute atomic E-state index is 0.368. The van der Waals surface area contributed by atoms with Gasteiger partial charge in [-0.25, -0.2) is 0 Å². The van der Waals surface area contributed by atoms with Crippen LogP contribution in [0.25, 0.3) is 0 Å². The third-order valence-corrected chi connectivity index (χ3v) is 6.05. The van der Waals surface area contributed by atoms with Gasteiger partial charge in [-0.3, -0.25) is 9.20 Å². The summed E-state index contributed by atoms with van der Waals surface area (Å²) in [4.78, 5) is 7.04. The molecule has 1 saturated heterocycles. The summed E-state index contributed by atoms with van der Waals surface area (Å²) in [6.45, 7) is 5.45. The van der Waals surface area contributed by atoms with Crippen LogP contribution in [0.1, 0.15) is 18.9 Å². The van der Waals surface area contributed by atoms with Gasteiger partial charge in [0.1, 0.15) is 0 Å². The van der Waals surface area contributed by atoms with Gasteiger partial charge in [0, 0.05) is 53.7 Å². The van der Waals surface area contributed by atoms with Gasteiger partial charge in [-0.1, -0.05) is 48.5 Å². The standard InChI is InChI=1S/C22H30N4OS/c1-2-23-22(24-14-16-28(27)18-19-9-5-3-6-10-19)25-20-13-15-26(17-20)21-11-7-4-8-12-21/h3-12,20H,2,13-18H2,1H3,(H2,23,24,25). The first-order valence-electron chi connectivity index (χ1n) is 9.98. The summed E-state index contributed by atoms with van der Waals surface area (Å²) in [6, 6.07) is 20.9. The molecule has 5 nitrogen and oxygen atoms in total. The van der Waals surface area contributed by atoms with E-state index >= 15 is 0 Å². The Hall–Kier alpha value is -2.34. The van der Waals surface area contributed by atoms with Crippen molar-refractivity contribution in [1.82, 2.24) is 10.6 Å². The Labute approximate surface area is 170 Å². The molecule has 2 unspecified atom stereocenters. The van der Waals surface area contributed by atoms with Crippen molar-refractivity contribution in [2.45, 2.75) is 25.1 Å². The van der Waals surface area contributed by atoms with Crippen LogP contribution in [0.2, 0.25) is 0 Å². The van der Waals surface area contributed by atoms with Gasteiger partial charge in [0.25, 0.3) is 0 Å². The van der Waals surface area contributed by atoms with E-state index in [0.717, 1.165) is 37.6 Å². The highest BCUT2D eigenvalue weighted by molar-refractivity contribution is 7.84. The Morgan fingerprint density at radius 1 is 1.14 bits per heavy atom. The summed E-state index contributed by atoms with van der Waals surface area (Å²) in [6.07, 6.45) is 1.08. The lowest BCUT2D eigenvalue weighted by molar-refractivity contribution is 0.650. The molecule has 0 saturated carbocycles. The van der Waals surface area contributed by atoms with E-state index in [2.05, 4.69) is 51.7 Å². The second-order valence-corrected chi connectivity index (χ2v) is 8.52. The van der Waals surface area contributed by atoms with E-state index in [-0.39, 0.29) is 0 Å². The van der Waals surface area contributed by atoms with Gasteiger partial charge in [-0.15, -0.1) is 0 Å². The molecule has 0 spiro atoms. The molecule has 2 atom stereocenters. The van der Waals surface area contributed by atoms with Crippen molar-refractivity contribution in [1.29, 1.82) is 0 Å². The molecule has 0 aliphatic carbocycles. The number of hydrogen-bond donors (Lipinski definition) is 2. The molecule has 0 aromatic heterocycles. The quantitative estimate of drug-likeness (QED) is 0.530. The Kier molecular flexibility index (Phi) is 7.91. The second kappa shape index (κ2) is 10.9. The number of nitrogens with zero attached hydrogens (tertiary/aromatic N) is 2. The van der Waals surface area contributed by atoms with Crippen LogP contribution in [0.3, 0.4) is 0 Å². The molecule has 1 heterocycles. The van der Waals surface area contributed by atoms with Crippen molar-refractivity contribution >= 4 is 22.4 Å². The monoisotopic (exact) mass is 398 g/mol. The molecule has 0 bridgehead atoms. The fraction of sp³-hybridized carbons (Fsp3) is 0.409. The number of anilines is 1. The van der Waals surface area contributed by atoms with Crippen LogP contribution in [-0.4, -0.2) is 48.1 Å². The van der Waals surface area contributed by atoms with Gasteiger partial charge in [-0.05, 0) is 31.0 Å². The molecule has 6 heteroatoms. The zero-order valence-corrected chi connectivity index (χ0v) is 17.3. The van der Waals surface area contributed by atoms with Crippen LogP contribution in [-0.2, 0) is 16.6 Å². The van der Waals surface area contributed by atoms with E-state index in [9.17, 15) is 4.21 Å². The van der Waals surface area contributed by atoms with Gasteiger partial charge < -0.3 is 15.5 Å². The van der Waals surface area contributed by atoms with E-state index in [4.69, 9.17) is 0 Å². The summed E-state index contributed by atoms with van der Waals surface area (Å²) >= 11 is 0. The summed E-state index contributed by atoms with van der Waals surface area (Å²) < 4.78 is 12.3. The second-order valence-electron chi connectivity index (χ2n) is 6.95. The van der Waals surface area contributed by atoms with E-state index in [1.165, 1.54) is 5.69 Å². The van der Waals surface area contributed by atoms with Gasteiger partial charge in [0.15, 0.2) is 5.96 Å². The summed E-state index contributed by atoms with van der Waals surface area (Å²) in [7, 11) is -0.897. The molecular weight excluding hydrogens is 368 g/mol. The summed E-state index contributed by atoms with van der Waals surface area (Å²) in [5.41, 5.74) is 2.38. The molecule has 150 valence electrons.